The van der Waals surface area contributed by atoms with Gasteiger partial charge in [0.05, 0.1) is 12.1 Å². The normalized spacial score (nSPS) is 17.1. The monoisotopic (exact) mass is 305 g/mol. The third-order valence-corrected chi connectivity index (χ3v) is 4.26. The van der Waals surface area contributed by atoms with Gasteiger partial charge >= 0.3 is 0 Å². The number of anilines is 1. The zero-order valence-corrected chi connectivity index (χ0v) is 12.8. The van der Waals surface area contributed by atoms with Crippen LogP contribution < -0.4 is 4.90 Å². The summed E-state index contributed by atoms with van der Waals surface area (Å²) in [5, 5.41) is 11.0. The van der Waals surface area contributed by atoms with Crippen LogP contribution in [0.5, 0.6) is 0 Å². The fraction of sp³-hybridized carbons (Fsp3) is 0.438. The molecule has 21 heavy (non-hydrogen) atoms. The maximum Gasteiger partial charge on any atom is 0.0737 e. The Labute approximate surface area is 129 Å². The number of halogens is 1. The second-order valence-electron chi connectivity index (χ2n) is 5.40. The van der Waals surface area contributed by atoms with Crippen LogP contribution in [0.25, 0.3) is 10.9 Å². The van der Waals surface area contributed by atoms with Crippen LogP contribution in [0.1, 0.15) is 6.42 Å². The molecule has 0 aliphatic carbocycles. The first-order valence-corrected chi connectivity index (χ1v) is 7.78. The largest absolute Gasteiger partial charge is 0.395 e. The van der Waals surface area contributed by atoms with Crippen molar-refractivity contribution in [3.05, 3.63) is 35.5 Å². The average molecular weight is 306 g/mol. The molecule has 0 atom stereocenters. The highest BCUT2D eigenvalue weighted by molar-refractivity contribution is 6.31. The Morgan fingerprint density at radius 2 is 2.05 bits per heavy atom. The predicted octanol–water partition coefficient (Wildman–Crippen LogP) is 2.39. The third kappa shape index (κ3) is 3.28. The van der Waals surface area contributed by atoms with E-state index in [4.69, 9.17) is 16.7 Å². The van der Waals surface area contributed by atoms with Gasteiger partial charge in [0.25, 0.3) is 0 Å². The lowest BCUT2D eigenvalue weighted by Crippen LogP contribution is -2.32. The van der Waals surface area contributed by atoms with E-state index in [1.54, 1.807) is 0 Å². The summed E-state index contributed by atoms with van der Waals surface area (Å²) in [7, 11) is 0. The quantitative estimate of drug-likeness (QED) is 0.945. The number of pyridine rings is 1. The van der Waals surface area contributed by atoms with E-state index in [1.807, 2.05) is 18.3 Å². The lowest BCUT2D eigenvalue weighted by molar-refractivity contribution is 0.204. The standard InChI is InChI=1S/C16H20ClN3O/c17-13-2-3-14-15(12-13)18-5-4-16(14)20-7-1-6-19(8-9-20)10-11-21/h2-5,12,21H,1,6-11H2. The first-order chi connectivity index (χ1) is 10.3. The Bertz CT molecular complexity index is 619. The van der Waals surface area contributed by atoms with Gasteiger partial charge in [-0.3, -0.25) is 9.88 Å². The zero-order valence-electron chi connectivity index (χ0n) is 12.0. The van der Waals surface area contributed by atoms with Gasteiger partial charge in [-0.2, -0.15) is 0 Å². The summed E-state index contributed by atoms with van der Waals surface area (Å²) < 4.78 is 0. The molecule has 1 aromatic heterocycles. The minimum absolute atomic E-state index is 0.233. The number of β-amino-alcohol motifs (C(OH)–C–C–N with tert-alkyl or cyclic N) is 1. The molecular weight excluding hydrogens is 286 g/mol. The van der Waals surface area contributed by atoms with Gasteiger partial charge in [-0.25, -0.2) is 0 Å². The highest BCUT2D eigenvalue weighted by atomic mass is 35.5. The van der Waals surface area contributed by atoms with Crippen molar-refractivity contribution in [3.63, 3.8) is 0 Å². The summed E-state index contributed by atoms with van der Waals surface area (Å²) in [4.78, 5) is 9.14. The van der Waals surface area contributed by atoms with Crippen molar-refractivity contribution in [3.8, 4) is 0 Å². The van der Waals surface area contributed by atoms with Crippen LogP contribution >= 0.6 is 11.6 Å². The molecule has 4 nitrogen and oxygen atoms in total. The van der Waals surface area contributed by atoms with Gasteiger partial charge in [0.1, 0.15) is 0 Å². The molecule has 2 aromatic rings. The minimum Gasteiger partial charge on any atom is -0.395 e. The van der Waals surface area contributed by atoms with Gasteiger partial charge in [-0.1, -0.05) is 11.6 Å². The molecule has 0 unspecified atom stereocenters. The molecule has 1 N–H and O–H groups in total. The number of benzene rings is 1. The minimum atomic E-state index is 0.233. The lowest BCUT2D eigenvalue weighted by Gasteiger charge is -2.24. The molecule has 3 rings (SSSR count). The van der Waals surface area contributed by atoms with E-state index in [0.717, 1.165) is 55.1 Å². The van der Waals surface area contributed by atoms with Crippen LogP contribution in [0.15, 0.2) is 30.5 Å². The summed E-state index contributed by atoms with van der Waals surface area (Å²) in [5.74, 6) is 0. The molecule has 0 bridgehead atoms. The molecular formula is C16H20ClN3O. The Kier molecular flexibility index (Phi) is 4.58. The molecule has 112 valence electrons. The highest BCUT2D eigenvalue weighted by Crippen LogP contribution is 2.28. The fourth-order valence-corrected chi connectivity index (χ4v) is 3.13. The van der Waals surface area contributed by atoms with Crippen LogP contribution in [0.3, 0.4) is 0 Å². The van der Waals surface area contributed by atoms with E-state index in [2.05, 4.69) is 26.9 Å². The van der Waals surface area contributed by atoms with Gasteiger partial charge in [0.15, 0.2) is 0 Å². The molecule has 2 heterocycles. The number of hydrogen-bond acceptors (Lipinski definition) is 4. The van der Waals surface area contributed by atoms with Gasteiger partial charge in [-0.15, -0.1) is 0 Å². The maximum atomic E-state index is 9.08. The number of fused-ring (bicyclic) bond motifs is 1. The number of aromatic nitrogens is 1. The van der Waals surface area contributed by atoms with Crippen molar-refractivity contribution >= 4 is 28.2 Å². The third-order valence-electron chi connectivity index (χ3n) is 4.03. The topological polar surface area (TPSA) is 39.6 Å². The summed E-state index contributed by atoms with van der Waals surface area (Å²) in [6.45, 7) is 5.03. The first kappa shape index (κ1) is 14.6. The Balaban J connectivity index is 1.86. The molecule has 5 heteroatoms. The zero-order chi connectivity index (χ0) is 14.7. The van der Waals surface area contributed by atoms with Crippen LogP contribution in [-0.4, -0.2) is 54.3 Å². The molecule has 1 aliphatic heterocycles. The lowest BCUT2D eigenvalue weighted by atomic mass is 10.1. The SMILES string of the molecule is OCCN1CCCN(c2ccnc3cc(Cl)ccc23)CC1. The molecule has 1 fully saturated rings. The Hall–Kier alpha value is -1.36. The van der Waals surface area contributed by atoms with E-state index < -0.39 is 0 Å². The van der Waals surface area contributed by atoms with Crippen LogP contribution in [0.4, 0.5) is 5.69 Å². The van der Waals surface area contributed by atoms with E-state index in [9.17, 15) is 0 Å². The Morgan fingerprint density at radius 3 is 2.90 bits per heavy atom. The van der Waals surface area contributed by atoms with E-state index >= 15 is 0 Å². The maximum absolute atomic E-state index is 9.08. The number of aliphatic hydroxyl groups is 1. The van der Waals surface area contributed by atoms with Crippen molar-refractivity contribution in [2.75, 3.05) is 44.2 Å². The van der Waals surface area contributed by atoms with Crippen molar-refractivity contribution in [1.29, 1.82) is 0 Å². The van der Waals surface area contributed by atoms with Gasteiger partial charge in [0, 0.05) is 48.5 Å². The van der Waals surface area contributed by atoms with Gasteiger partial charge in [0.2, 0.25) is 0 Å². The molecule has 1 saturated heterocycles. The fourth-order valence-electron chi connectivity index (χ4n) is 2.96. The molecule has 0 spiro atoms. The number of nitrogens with zero attached hydrogens (tertiary/aromatic N) is 3. The summed E-state index contributed by atoms with van der Waals surface area (Å²) in [6, 6.07) is 7.97. The molecule has 0 amide bonds. The summed E-state index contributed by atoms with van der Waals surface area (Å²) in [5.41, 5.74) is 2.17. The van der Waals surface area contributed by atoms with Crippen LogP contribution in [0.2, 0.25) is 5.02 Å². The number of hydrogen-bond donors (Lipinski definition) is 1. The van der Waals surface area contributed by atoms with E-state index in [-0.39, 0.29) is 6.61 Å². The van der Waals surface area contributed by atoms with Gasteiger partial charge < -0.3 is 10.0 Å². The Morgan fingerprint density at radius 1 is 1.14 bits per heavy atom. The second kappa shape index (κ2) is 6.60. The first-order valence-electron chi connectivity index (χ1n) is 7.40. The van der Waals surface area contributed by atoms with E-state index in [1.165, 1.54) is 5.69 Å². The predicted molar refractivity (Wildman–Crippen MR) is 87.1 cm³/mol. The second-order valence-corrected chi connectivity index (χ2v) is 5.83. The van der Waals surface area contributed by atoms with Crippen molar-refractivity contribution < 1.29 is 5.11 Å². The summed E-state index contributed by atoms with van der Waals surface area (Å²) >= 11 is 6.05. The molecule has 0 radical (unpaired) electrons. The average Bonchev–Trinajstić information content (AvgIpc) is 2.72. The highest BCUT2D eigenvalue weighted by Gasteiger charge is 2.16. The van der Waals surface area contributed by atoms with E-state index in [0.29, 0.717) is 0 Å². The van der Waals surface area contributed by atoms with Crippen LogP contribution in [0, 0.1) is 0 Å². The smallest absolute Gasteiger partial charge is 0.0737 e. The number of aliphatic hydroxyl groups excluding tert-OH is 1. The van der Waals surface area contributed by atoms with Crippen LogP contribution in [-0.2, 0) is 0 Å². The van der Waals surface area contributed by atoms with Crippen molar-refractivity contribution in [2.45, 2.75) is 6.42 Å². The number of rotatable bonds is 3. The molecule has 1 aliphatic rings. The molecule has 1 aromatic carbocycles. The van der Waals surface area contributed by atoms with Crippen molar-refractivity contribution in [2.24, 2.45) is 0 Å². The summed E-state index contributed by atoms with van der Waals surface area (Å²) in [6.07, 6.45) is 2.96. The van der Waals surface area contributed by atoms with Crippen molar-refractivity contribution in [1.82, 2.24) is 9.88 Å². The molecule has 0 saturated carbocycles. The van der Waals surface area contributed by atoms with Gasteiger partial charge in [-0.05, 0) is 37.2 Å².